The van der Waals surface area contributed by atoms with E-state index in [1.807, 2.05) is 6.92 Å². The average molecular weight is 349 g/mol. The lowest BCUT2D eigenvalue weighted by atomic mass is 9.94. The van der Waals surface area contributed by atoms with E-state index in [-0.39, 0.29) is 12.5 Å². The van der Waals surface area contributed by atoms with Gasteiger partial charge in [0.05, 0.1) is 6.61 Å². The summed E-state index contributed by atoms with van der Waals surface area (Å²) < 4.78 is 4.97. The van der Waals surface area contributed by atoms with Gasteiger partial charge in [-0.1, -0.05) is 49.1 Å². The van der Waals surface area contributed by atoms with Crippen molar-refractivity contribution < 1.29 is 9.53 Å². The van der Waals surface area contributed by atoms with E-state index in [1.165, 1.54) is 30.4 Å². The molecule has 0 spiro atoms. The van der Waals surface area contributed by atoms with Crippen molar-refractivity contribution in [2.45, 2.75) is 58.5 Å². The van der Waals surface area contributed by atoms with Crippen LogP contribution < -0.4 is 5.32 Å². The molecule has 1 aromatic carbocycles. The lowest BCUT2D eigenvalue weighted by Crippen LogP contribution is -2.47. The predicted molar refractivity (Wildman–Crippen MR) is 101 cm³/mol. The van der Waals surface area contributed by atoms with Gasteiger partial charge in [0, 0.05) is 12.6 Å². The van der Waals surface area contributed by atoms with Gasteiger partial charge >= 0.3 is 5.97 Å². The van der Waals surface area contributed by atoms with E-state index >= 15 is 0 Å². The van der Waals surface area contributed by atoms with Gasteiger partial charge in [0.2, 0.25) is 0 Å². The Morgan fingerprint density at radius 2 is 1.92 bits per heavy atom. The monoisotopic (exact) mass is 348 g/mol. The second-order valence-corrected chi connectivity index (χ2v) is 6.76. The molecular formula is C19H28N2O2S. The van der Waals surface area contributed by atoms with Gasteiger partial charge in [-0.3, -0.25) is 4.79 Å². The average Bonchev–Trinajstić information content (AvgIpc) is 2.60. The van der Waals surface area contributed by atoms with Crippen molar-refractivity contribution >= 4 is 23.3 Å². The van der Waals surface area contributed by atoms with Crippen molar-refractivity contribution in [1.29, 1.82) is 0 Å². The third-order valence-corrected chi connectivity index (χ3v) is 4.82. The van der Waals surface area contributed by atoms with Crippen LogP contribution in [0.5, 0.6) is 0 Å². The summed E-state index contributed by atoms with van der Waals surface area (Å²) in [6, 6.07) is 9.01. The van der Waals surface area contributed by atoms with Crippen LogP contribution in [0.3, 0.4) is 0 Å². The summed E-state index contributed by atoms with van der Waals surface area (Å²) >= 11 is 5.59. The Morgan fingerprint density at radius 3 is 2.54 bits per heavy atom. The summed E-state index contributed by atoms with van der Waals surface area (Å²) in [5.41, 5.74) is 2.50. The molecular weight excluding hydrogens is 320 g/mol. The molecule has 1 fully saturated rings. The second-order valence-electron chi connectivity index (χ2n) is 6.37. The molecule has 0 atom stereocenters. The van der Waals surface area contributed by atoms with E-state index in [2.05, 4.69) is 41.4 Å². The largest absolute Gasteiger partial charge is 0.465 e. The van der Waals surface area contributed by atoms with Gasteiger partial charge in [-0.05, 0) is 44.5 Å². The first kappa shape index (κ1) is 18.7. The molecule has 24 heavy (non-hydrogen) atoms. The summed E-state index contributed by atoms with van der Waals surface area (Å²) in [6.45, 7) is 5.20. The molecule has 132 valence electrons. The molecule has 5 heteroatoms. The molecule has 0 amide bonds. The zero-order valence-electron chi connectivity index (χ0n) is 14.7. The van der Waals surface area contributed by atoms with E-state index in [0.717, 1.165) is 19.4 Å². The van der Waals surface area contributed by atoms with Gasteiger partial charge in [0.1, 0.15) is 6.54 Å². The smallest absolute Gasteiger partial charge is 0.325 e. The third-order valence-electron chi connectivity index (χ3n) is 4.44. The number of carbonyl (C=O) groups excluding carboxylic acids is 1. The van der Waals surface area contributed by atoms with E-state index in [1.54, 1.807) is 0 Å². The molecule has 4 nitrogen and oxygen atoms in total. The first-order valence-corrected chi connectivity index (χ1v) is 9.26. The number of esters is 1. The standard InChI is InChI=1S/C19H28N2O2S/c1-3-23-18(22)13-20-19(24)21(17-7-5-4-6-8-17)14-16-11-9-15(2)10-12-16/h9-12,17H,3-8,13-14H2,1-2H3,(H,20,24). The Bertz CT molecular complexity index is 539. The molecule has 0 radical (unpaired) electrons. The topological polar surface area (TPSA) is 41.6 Å². The van der Waals surface area contributed by atoms with E-state index in [0.29, 0.717) is 17.8 Å². The van der Waals surface area contributed by atoms with E-state index in [9.17, 15) is 4.79 Å². The Morgan fingerprint density at radius 1 is 1.25 bits per heavy atom. The molecule has 1 saturated carbocycles. The lowest BCUT2D eigenvalue weighted by Gasteiger charge is -2.36. The summed E-state index contributed by atoms with van der Waals surface area (Å²) in [7, 11) is 0. The Balaban J connectivity index is 2.02. The van der Waals surface area contributed by atoms with Crippen LogP contribution in [-0.2, 0) is 16.1 Å². The van der Waals surface area contributed by atoms with Gasteiger partial charge in [0.25, 0.3) is 0 Å². The zero-order chi connectivity index (χ0) is 17.4. The van der Waals surface area contributed by atoms with Crippen LogP contribution in [0, 0.1) is 6.92 Å². The minimum atomic E-state index is -0.265. The fourth-order valence-electron chi connectivity index (χ4n) is 3.11. The van der Waals surface area contributed by atoms with Crippen molar-refractivity contribution in [1.82, 2.24) is 10.2 Å². The molecule has 0 bridgehead atoms. The highest BCUT2D eigenvalue weighted by Crippen LogP contribution is 2.24. The van der Waals surface area contributed by atoms with Gasteiger partial charge < -0.3 is 15.0 Å². The van der Waals surface area contributed by atoms with Gasteiger partial charge in [-0.15, -0.1) is 0 Å². The fourth-order valence-corrected chi connectivity index (χ4v) is 3.40. The van der Waals surface area contributed by atoms with Crippen LogP contribution in [0.4, 0.5) is 0 Å². The molecule has 0 aliphatic heterocycles. The van der Waals surface area contributed by atoms with Crippen LogP contribution in [0.15, 0.2) is 24.3 Å². The van der Waals surface area contributed by atoms with Crippen molar-refractivity contribution in [2.75, 3.05) is 13.2 Å². The predicted octanol–water partition coefficient (Wildman–Crippen LogP) is 3.57. The van der Waals surface area contributed by atoms with Crippen molar-refractivity contribution in [2.24, 2.45) is 0 Å². The first-order valence-electron chi connectivity index (χ1n) is 8.85. The molecule has 1 aliphatic rings. The van der Waals surface area contributed by atoms with Gasteiger partial charge in [-0.2, -0.15) is 0 Å². The van der Waals surface area contributed by atoms with Crippen LogP contribution >= 0.6 is 12.2 Å². The molecule has 1 N–H and O–H groups in total. The molecule has 2 rings (SSSR count). The third kappa shape index (κ3) is 5.78. The number of benzene rings is 1. The van der Waals surface area contributed by atoms with E-state index in [4.69, 9.17) is 17.0 Å². The number of hydrogen-bond acceptors (Lipinski definition) is 3. The number of nitrogens with zero attached hydrogens (tertiary/aromatic N) is 1. The van der Waals surface area contributed by atoms with Crippen LogP contribution in [0.2, 0.25) is 0 Å². The number of ether oxygens (including phenoxy) is 1. The normalized spacial score (nSPS) is 14.9. The minimum absolute atomic E-state index is 0.129. The molecule has 0 saturated heterocycles. The fraction of sp³-hybridized carbons (Fsp3) is 0.579. The highest BCUT2D eigenvalue weighted by Gasteiger charge is 2.23. The molecule has 1 aliphatic carbocycles. The number of hydrogen-bond donors (Lipinski definition) is 1. The molecule has 0 aromatic heterocycles. The summed E-state index contributed by atoms with van der Waals surface area (Å²) in [5, 5.41) is 3.73. The number of thiocarbonyl (C=S) groups is 1. The van der Waals surface area contributed by atoms with Crippen molar-refractivity contribution in [3.05, 3.63) is 35.4 Å². The Labute approximate surface area is 150 Å². The number of rotatable bonds is 6. The maximum absolute atomic E-state index is 11.6. The summed E-state index contributed by atoms with van der Waals surface area (Å²) in [4.78, 5) is 13.8. The second kappa shape index (κ2) is 9.62. The number of aryl methyl sites for hydroxylation is 1. The summed E-state index contributed by atoms with van der Waals surface area (Å²) in [6.07, 6.45) is 6.11. The van der Waals surface area contributed by atoms with Crippen molar-refractivity contribution in [3.63, 3.8) is 0 Å². The number of carbonyl (C=O) groups is 1. The Kier molecular flexibility index (Phi) is 7.50. The lowest BCUT2D eigenvalue weighted by molar-refractivity contribution is -0.141. The Hall–Kier alpha value is -1.62. The van der Waals surface area contributed by atoms with Gasteiger partial charge in [0.15, 0.2) is 5.11 Å². The van der Waals surface area contributed by atoms with Crippen LogP contribution in [0.1, 0.15) is 50.2 Å². The number of nitrogens with one attached hydrogen (secondary N) is 1. The maximum atomic E-state index is 11.6. The van der Waals surface area contributed by atoms with E-state index < -0.39 is 0 Å². The van der Waals surface area contributed by atoms with Crippen molar-refractivity contribution in [3.8, 4) is 0 Å². The first-order chi connectivity index (χ1) is 11.6. The minimum Gasteiger partial charge on any atom is -0.465 e. The maximum Gasteiger partial charge on any atom is 0.325 e. The molecule has 0 unspecified atom stereocenters. The highest BCUT2D eigenvalue weighted by molar-refractivity contribution is 7.80. The molecule has 1 aromatic rings. The van der Waals surface area contributed by atoms with Crippen LogP contribution in [-0.4, -0.2) is 35.2 Å². The van der Waals surface area contributed by atoms with Gasteiger partial charge in [-0.25, -0.2) is 0 Å². The molecule has 0 heterocycles. The SMILES string of the molecule is CCOC(=O)CNC(=S)N(Cc1ccc(C)cc1)C1CCCCC1. The highest BCUT2D eigenvalue weighted by atomic mass is 32.1. The summed E-state index contributed by atoms with van der Waals surface area (Å²) in [5.74, 6) is -0.265. The quantitative estimate of drug-likeness (QED) is 0.629. The zero-order valence-corrected chi connectivity index (χ0v) is 15.5. The van der Waals surface area contributed by atoms with Crippen LogP contribution in [0.25, 0.3) is 0 Å².